The summed E-state index contributed by atoms with van der Waals surface area (Å²) in [4.78, 5) is 42.9. The molecule has 0 bridgehead atoms. The van der Waals surface area contributed by atoms with Gasteiger partial charge in [-0.3, -0.25) is 9.69 Å². The second-order valence-electron chi connectivity index (χ2n) is 7.76. The Hall–Kier alpha value is -3.12. The average molecular weight is 415 g/mol. The topological polar surface area (TPSA) is 109 Å². The summed E-state index contributed by atoms with van der Waals surface area (Å²) in [5.74, 6) is -0.167. The highest BCUT2D eigenvalue weighted by molar-refractivity contribution is 6.05. The monoisotopic (exact) mass is 414 g/mol. The quantitative estimate of drug-likeness (QED) is 0.694. The van der Waals surface area contributed by atoms with Gasteiger partial charge in [0.25, 0.3) is 5.91 Å². The Balaban J connectivity index is 2.10. The normalized spacial score (nSPS) is 14.2. The molecule has 2 N–H and O–H groups in total. The zero-order valence-corrected chi connectivity index (χ0v) is 17.9. The fourth-order valence-corrected chi connectivity index (χ4v) is 2.99. The Morgan fingerprint density at radius 1 is 1.20 bits per heavy atom. The van der Waals surface area contributed by atoms with Gasteiger partial charge >= 0.3 is 12.1 Å². The zero-order valence-electron chi connectivity index (χ0n) is 17.9. The highest BCUT2D eigenvalue weighted by Gasteiger charge is 2.24. The van der Waals surface area contributed by atoms with E-state index in [4.69, 9.17) is 5.26 Å². The van der Waals surface area contributed by atoms with Crippen LogP contribution < -0.4 is 10.6 Å². The lowest BCUT2D eigenvalue weighted by Gasteiger charge is -2.32. The molecule has 30 heavy (non-hydrogen) atoms. The number of likely N-dealkylation sites (N-methyl/N-ethyl adjacent to an activating group) is 1. The number of nitrogens with one attached hydrogen (secondary N) is 2. The number of imide groups is 1. The fourth-order valence-electron chi connectivity index (χ4n) is 2.99. The van der Waals surface area contributed by atoms with Crippen LogP contribution in [0.2, 0.25) is 0 Å². The van der Waals surface area contributed by atoms with Gasteiger partial charge in [0.05, 0.1) is 6.07 Å². The minimum Gasteiger partial charge on any atom is -0.325 e. The number of anilines is 1. The summed E-state index contributed by atoms with van der Waals surface area (Å²) in [7, 11) is 2.02. The number of carbonyl (C=O) groups is 3. The van der Waals surface area contributed by atoms with Gasteiger partial charge in [0.15, 0.2) is 0 Å². The van der Waals surface area contributed by atoms with Crippen LogP contribution in [0.5, 0.6) is 0 Å². The third-order valence-corrected chi connectivity index (χ3v) is 4.89. The molecule has 0 spiro atoms. The van der Waals surface area contributed by atoms with Crippen LogP contribution in [0.4, 0.5) is 15.3 Å². The van der Waals surface area contributed by atoms with Crippen LogP contribution in [-0.4, -0.2) is 79.0 Å². The van der Waals surface area contributed by atoms with Crippen LogP contribution in [0.15, 0.2) is 24.3 Å². The molecule has 0 aromatic heterocycles. The summed E-state index contributed by atoms with van der Waals surface area (Å²) >= 11 is 0. The number of urea groups is 2. The summed E-state index contributed by atoms with van der Waals surface area (Å²) in [6, 6.07) is 7.57. The molecule has 1 aliphatic heterocycles. The van der Waals surface area contributed by atoms with Crippen LogP contribution in [0, 0.1) is 17.2 Å². The average Bonchev–Trinajstić information content (AvgIpc) is 2.72. The molecular formula is C21H30N6O3. The lowest BCUT2D eigenvalue weighted by atomic mass is 10.1. The maximum absolute atomic E-state index is 13.0. The number of hydrogen-bond acceptors (Lipinski definition) is 5. The highest BCUT2D eigenvalue weighted by atomic mass is 16.2. The van der Waals surface area contributed by atoms with Crippen molar-refractivity contribution < 1.29 is 14.4 Å². The summed E-state index contributed by atoms with van der Waals surface area (Å²) in [6.07, 6.45) is 0.644. The second-order valence-corrected chi connectivity index (χ2v) is 7.76. The van der Waals surface area contributed by atoms with Gasteiger partial charge in [-0.25, -0.2) is 9.59 Å². The molecule has 9 nitrogen and oxygen atoms in total. The van der Waals surface area contributed by atoms with E-state index < -0.39 is 11.9 Å². The SMILES string of the molecule is CC(C)CCN(C(=O)NCC#N)C(=O)c1cccc(NC(=O)N2CCN(C)CC2)c1. The molecule has 1 saturated heterocycles. The van der Waals surface area contributed by atoms with Crippen molar-refractivity contribution in [2.24, 2.45) is 5.92 Å². The minimum absolute atomic E-state index is 0.175. The fraction of sp³-hybridized carbons (Fsp3) is 0.524. The molecule has 1 aromatic rings. The Morgan fingerprint density at radius 3 is 2.53 bits per heavy atom. The van der Waals surface area contributed by atoms with Crippen LogP contribution in [0.1, 0.15) is 30.6 Å². The lowest BCUT2D eigenvalue weighted by molar-refractivity contribution is 0.0795. The molecular weight excluding hydrogens is 384 g/mol. The second kappa shape index (κ2) is 11.2. The number of amides is 5. The van der Waals surface area contributed by atoms with Crippen LogP contribution >= 0.6 is 0 Å². The standard InChI is InChI=1S/C21H30N6O3/c1-16(2)7-10-27(20(29)23-9-8-22)19(28)17-5-4-6-18(15-17)24-21(30)26-13-11-25(3)12-14-26/h4-6,15-16H,7,9-14H2,1-3H3,(H,23,29)(H,24,30). The first kappa shape index (κ1) is 23.2. The van der Waals surface area contributed by atoms with E-state index in [1.165, 1.54) is 0 Å². The van der Waals surface area contributed by atoms with Crippen molar-refractivity contribution in [3.05, 3.63) is 29.8 Å². The predicted octanol–water partition coefficient (Wildman–Crippen LogP) is 2.19. The van der Waals surface area contributed by atoms with E-state index in [9.17, 15) is 14.4 Å². The Morgan fingerprint density at radius 2 is 1.90 bits per heavy atom. The number of nitriles is 1. The Bertz CT molecular complexity index is 796. The van der Waals surface area contributed by atoms with E-state index in [-0.39, 0.29) is 19.1 Å². The molecule has 5 amide bonds. The van der Waals surface area contributed by atoms with Crippen molar-refractivity contribution in [2.75, 3.05) is 51.6 Å². The molecule has 0 aliphatic carbocycles. The molecule has 1 fully saturated rings. The smallest absolute Gasteiger partial charge is 0.325 e. The van der Waals surface area contributed by atoms with Crippen LogP contribution in [-0.2, 0) is 0 Å². The molecule has 0 saturated carbocycles. The van der Waals surface area contributed by atoms with E-state index in [1.54, 1.807) is 29.2 Å². The first-order chi connectivity index (χ1) is 14.3. The van der Waals surface area contributed by atoms with Crippen molar-refractivity contribution in [3.63, 3.8) is 0 Å². The molecule has 0 unspecified atom stereocenters. The molecule has 0 atom stereocenters. The molecule has 9 heteroatoms. The number of carbonyl (C=O) groups excluding carboxylic acids is 3. The van der Waals surface area contributed by atoms with Crippen molar-refractivity contribution >= 4 is 23.7 Å². The van der Waals surface area contributed by atoms with E-state index >= 15 is 0 Å². The minimum atomic E-state index is -0.603. The van der Waals surface area contributed by atoms with E-state index in [2.05, 4.69) is 15.5 Å². The number of benzene rings is 1. The van der Waals surface area contributed by atoms with Gasteiger partial charge in [0, 0.05) is 44.0 Å². The largest absolute Gasteiger partial charge is 0.325 e. The molecule has 0 radical (unpaired) electrons. The van der Waals surface area contributed by atoms with Gasteiger partial charge in [-0.2, -0.15) is 5.26 Å². The predicted molar refractivity (Wildman–Crippen MR) is 114 cm³/mol. The summed E-state index contributed by atoms with van der Waals surface area (Å²) in [5, 5.41) is 14.0. The zero-order chi connectivity index (χ0) is 22.1. The number of hydrogen-bond donors (Lipinski definition) is 2. The van der Waals surface area contributed by atoms with Gasteiger partial charge in [-0.05, 0) is 37.6 Å². The Labute approximate surface area is 177 Å². The van der Waals surface area contributed by atoms with Gasteiger partial charge in [0.1, 0.15) is 6.54 Å². The van der Waals surface area contributed by atoms with E-state index in [0.29, 0.717) is 36.7 Å². The number of piperazine rings is 1. The van der Waals surface area contributed by atoms with Gasteiger partial charge in [-0.1, -0.05) is 19.9 Å². The van der Waals surface area contributed by atoms with Crippen molar-refractivity contribution in [3.8, 4) is 6.07 Å². The Kier molecular flexibility index (Phi) is 8.62. The van der Waals surface area contributed by atoms with Gasteiger partial charge < -0.3 is 20.4 Å². The van der Waals surface area contributed by atoms with Crippen LogP contribution in [0.25, 0.3) is 0 Å². The first-order valence-corrected chi connectivity index (χ1v) is 10.1. The van der Waals surface area contributed by atoms with Crippen molar-refractivity contribution in [1.29, 1.82) is 5.26 Å². The van der Waals surface area contributed by atoms with Crippen molar-refractivity contribution in [1.82, 2.24) is 20.0 Å². The highest BCUT2D eigenvalue weighted by Crippen LogP contribution is 2.15. The summed E-state index contributed by atoms with van der Waals surface area (Å²) in [6.45, 7) is 6.99. The van der Waals surface area contributed by atoms with E-state index in [1.807, 2.05) is 27.0 Å². The van der Waals surface area contributed by atoms with Gasteiger partial charge in [-0.15, -0.1) is 0 Å². The van der Waals surface area contributed by atoms with Crippen LogP contribution in [0.3, 0.4) is 0 Å². The lowest BCUT2D eigenvalue weighted by Crippen LogP contribution is -2.48. The third-order valence-electron chi connectivity index (χ3n) is 4.89. The number of nitrogens with zero attached hydrogens (tertiary/aromatic N) is 4. The molecule has 162 valence electrons. The first-order valence-electron chi connectivity index (χ1n) is 10.1. The van der Waals surface area contributed by atoms with Gasteiger partial charge in [0.2, 0.25) is 0 Å². The molecule has 1 aliphatic rings. The number of rotatable bonds is 6. The maximum atomic E-state index is 13.0. The van der Waals surface area contributed by atoms with Crippen molar-refractivity contribution in [2.45, 2.75) is 20.3 Å². The molecule has 2 rings (SSSR count). The maximum Gasteiger partial charge on any atom is 0.325 e. The summed E-state index contributed by atoms with van der Waals surface area (Å²) < 4.78 is 0. The molecule has 1 aromatic carbocycles. The molecule has 1 heterocycles. The third kappa shape index (κ3) is 6.74. The summed E-state index contributed by atoms with van der Waals surface area (Å²) in [5.41, 5.74) is 0.785. The van der Waals surface area contributed by atoms with E-state index in [0.717, 1.165) is 18.0 Å².